The standard InChI is InChI=1S/C34H35FN10O2/c1-3-45(29-11-10-28-31(38-29)32(40-39-28)27-9-8-26(35)18-36-27)34(47)25-12-15-43(19-25)20-30(46)44-16-13-23(14-17-44)22-4-6-24(7-5-22)33-37-21-42(2)41-33/h4-11,13,18,21,25H,3,12,14-17,19-20H2,1-2H3,(H,39,40)/t25-/m1/s1. The predicted octanol–water partition coefficient (Wildman–Crippen LogP) is 3.95. The number of aromatic nitrogens is 7. The fourth-order valence-corrected chi connectivity index (χ4v) is 6.32. The van der Waals surface area contributed by atoms with Crippen LogP contribution in [0.3, 0.4) is 0 Å². The van der Waals surface area contributed by atoms with E-state index in [-0.39, 0.29) is 24.3 Å². The van der Waals surface area contributed by atoms with Gasteiger partial charge >= 0.3 is 0 Å². The van der Waals surface area contributed by atoms with E-state index in [1.54, 1.807) is 28.0 Å². The Balaban J connectivity index is 0.955. The van der Waals surface area contributed by atoms with Crippen LogP contribution in [0.25, 0.3) is 39.4 Å². The van der Waals surface area contributed by atoms with Crippen LogP contribution in [0.1, 0.15) is 25.3 Å². The van der Waals surface area contributed by atoms with Crippen LogP contribution >= 0.6 is 0 Å². The molecule has 0 aliphatic carbocycles. The van der Waals surface area contributed by atoms with Gasteiger partial charge in [0.2, 0.25) is 11.8 Å². The summed E-state index contributed by atoms with van der Waals surface area (Å²) in [7, 11) is 1.85. The van der Waals surface area contributed by atoms with Crippen molar-refractivity contribution in [2.24, 2.45) is 13.0 Å². The van der Waals surface area contributed by atoms with Crippen LogP contribution in [0.4, 0.5) is 10.2 Å². The molecular formula is C34H35FN10O2. The zero-order chi connectivity index (χ0) is 32.5. The molecule has 4 aromatic heterocycles. The van der Waals surface area contributed by atoms with Gasteiger partial charge in [0.1, 0.15) is 29.2 Å². The molecule has 2 aliphatic heterocycles. The fourth-order valence-electron chi connectivity index (χ4n) is 6.32. The van der Waals surface area contributed by atoms with Crippen molar-refractivity contribution in [2.45, 2.75) is 19.8 Å². The minimum absolute atomic E-state index is 0.0188. The Labute approximate surface area is 270 Å². The molecule has 7 rings (SSSR count). The number of rotatable bonds is 8. The molecule has 13 heteroatoms. The zero-order valence-electron chi connectivity index (χ0n) is 26.3. The van der Waals surface area contributed by atoms with Crippen LogP contribution in [-0.2, 0) is 16.6 Å². The Kier molecular flexibility index (Phi) is 8.29. The monoisotopic (exact) mass is 634 g/mol. The molecule has 0 radical (unpaired) electrons. The van der Waals surface area contributed by atoms with Crippen LogP contribution in [0.15, 0.2) is 67.1 Å². The van der Waals surface area contributed by atoms with Gasteiger partial charge in [-0.2, -0.15) is 10.2 Å². The number of hydrogen-bond acceptors (Lipinski definition) is 8. The second kappa shape index (κ2) is 12.8. The number of pyridine rings is 2. The van der Waals surface area contributed by atoms with E-state index in [1.165, 1.54) is 11.6 Å². The van der Waals surface area contributed by atoms with E-state index in [0.29, 0.717) is 73.2 Å². The Hall–Kier alpha value is -5.30. The fraction of sp³-hybridized carbons (Fsp3) is 0.324. The molecule has 0 unspecified atom stereocenters. The van der Waals surface area contributed by atoms with Crippen molar-refractivity contribution in [1.29, 1.82) is 0 Å². The summed E-state index contributed by atoms with van der Waals surface area (Å²) >= 11 is 0. The number of nitrogens with zero attached hydrogens (tertiary/aromatic N) is 9. The molecule has 1 fully saturated rings. The molecule has 12 nitrogen and oxygen atoms in total. The van der Waals surface area contributed by atoms with Crippen LogP contribution < -0.4 is 4.90 Å². The van der Waals surface area contributed by atoms with Gasteiger partial charge < -0.3 is 4.90 Å². The predicted molar refractivity (Wildman–Crippen MR) is 175 cm³/mol. The molecule has 1 saturated heterocycles. The molecule has 1 aromatic carbocycles. The molecule has 0 spiro atoms. The number of benzene rings is 1. The van der Waals surface area contributed by atoms with Gasteiger partial charge in [-0.1, -0.05) is 30.3 Å². The number of amides is 2. The van der Waals surface area contributed by atoms with Gasteiger partial charge in [0.25, 0.3) is 0 Å². The number of carbonyl (C=O) groups excluding carboxylic acids is 2. The summed E-state index contributed by atoms with van der Waals surface area (Å²) in [6.45, 7) is 5.08. The molecule has 2 amide bonds. The zero-order valence-corrected chi connectivity index (χ0v) is 26.3. The first-order valence-electron chi connectivity index (χ1n) is 15.8. The molecule has 6 heterocycles. The van der Waals surface area contributed by atoms with Crippen molar-refractivity contribution in [1.82, 2.24) is 44.7 Å². The number of fused-ring (bicyclic) bond motifs is 1. The smallest absolute Gasteiger partial charge is 0.237 e. The number of hydrogen-bond donors (Lipinski definition) is 1. The molecule has 5 aromatic rings. The Morgan fingerprint density at radius 2 is 1.87 bits per heavy atom. The molecule has 0 saturated carbocycles. The number of nitrogens with one attached hydrogen (secondary N) is 1. The average molecular weight is 635 g/mol. The molecule has 1 atom stereocenters. The summed E-state index contributed by atoms with van der Waals surface area (Å²) in [5.74, 6) is 0.602. The van der Waals surface area contributed by atoms with E-state index in [9.17, 15) is 14.0 Å². The van der Waals surface area contributed by atoms with Crippen molar-refractivity contribution >= 4 is 34.2 Å². The third-order valence-electron chi connectivity index (χ3n) is 8.88. The Morgan fingerprint density at radius 3 is 2.57 bits per heavy atom. The summed E-state index contributed by atoms with van der Waals surface area (Å²) in [5.41, 5.74) is 5.57. The van der Waals surface area contributed by atoms with Gasteiger partial charge in [0, 0.05) is 38.8 Å². The maximum Gasteiger partial charge on any atom is 0.237 e. The van der Waals surface area contributed by atoms with E-state index < -0.39 is 5.82 Å². The van der Waals surface area contributed by atoms with Crippen molar-refractivity contribution in [3.8, 4) is 22.8 Å². The molecule has 0 bridgehead atoms. The van der Waals surface area contributed by atoms with E-state index in [4.69, 9.17) is 4.98 Å². The average Bonchev–Trinajstić information content (AvgIpc) is 3.86. The third-order valence-corrected chi connectivity index (χ3v) is 8.88. The first-order valence-corrected chi connectivity index (χ1v) is 15.8. The molecule has 240 valence electrons. The van der Waals surface area contributed by atoms with E-state index in [0.717, 1.165) is 23.7 Å². The summed E-state index contributed by atoms with van der Waals surface area (Å²) in [4.78, 5) is 45.8. The number of likely N-dealkylation sites (tertiary alicyclic amines) is 1. The summed E-state index contributed by atoms with van der Waals surface area (Å²) in [5, 5.41) is 11.6. The van der Waals surface area contributed by atoms with Crippen LogP contribution in [0.5, 0.6) is 0 Å². The minimum atomic E-state index is -0.434. The highest BCUT2D eigenvalue weighted by Crippen LogP contribution is 2.29. The minimum Gasteiger partial charge on any atom is -0.338 e. The Bertz CT molecular complexity index is 1950. The van der Waals surface area contributed by atoms with Crippen LogP contribution in [0.2, 0.25) is 0 Å². The van der Waals surface area contributed by atoms with Gasteiger partial charge in [0.15, 0.2) is 5.82 Å². The quantitative estimate of drug-likeness (QED) is 0.272. The van der Waals surface area contributed by atoms with Gasteiger partial charge in [-0.05, 0) is 61.7 Å². The Morgan fingerprint density at radius 1 is 1.04 bits per heavy atom. The number of anilines is 1. The second-order valence-electron chi connectivity index (χ2n) is 11.9. The van der Waals surface area contributed by atoms with E-state index in [2.05, 4.69) is 48.4 Å². The molecule has 2 aliphatic rings. The highest BCUT2D eigenvalue weighted by molar-refractivity contribution is 5.97. The largest absolute Gasteiger partial charge is 0.338 e. The van der Waals surface area contributed by atoms with Gasteiger partial charge in [-0.25, -0.2) is 14.4 Å². The molecular weight excluding hydrogens is 599 g/mol. The molecule has 1 N–H and O–H groups in total. The normalized spacial score (nSPS) is 16.9. The summed E-state index contributed by atoms with van der Waals surface area (Å²) in [6.07, 6.45) is 6.42. The number of carbonyl (C=O) groups is 2. The lowest BCUT2D eigenvalue weighted by molar-refractivity contribution is -0.132. The second-order valence-corrected chi connectivity index (χ2v) is 11.9. The molecule has 47 heavy (non-hydrogen) atoms. The van der Waals surface area contributed by atoms with Crippen molar-refractivity contribution < 1.29 is 14.0 Å². The van der Waals surface area contributed by atoms with Crippen molar-refractivity contribution in [3.63, 3.8) is 0 Å². The maximum absolute atomic E-state index is 13.7. The lowest BCUT2D eigenvalue weighted by atomic mass is 9.98. The first kappa shape index (κ1) is 30.4. The van der Waals surface area contributed by atoms with Gasteiger partial charge in [-0.3, -0.25) is 34.2 Å². The summed E-state index contributed by atoms with van der Waals surface area (Å²) in [6, 6.07) is 14.7. The maximum atomic E-state index is 13.7. The highest BCUT2D eigenvalue weighted by atomic mass is 19.1. The first-order chi connectivity index (χ1) is 22.9. The van der Waals surface area contributed by atoms with Gasteiger partial charge in [0.05, 0.1) is 29.9 Å². The van der Waals surface area contributed by atoms with Crippen LogP contribution in [0, 0.1) is 11.7 Å². The number of aromatic amines is 1. The topological polar surface area (TPSA) is 129 Å². The van der Waals surface area contributed by atoms with E-state index >= 15 is 0 Å². The number of halogens is 1. The lowest BCUT2D eigenvalue weighted by Crippen LogP contribution is -2.42. The SMILES string of the molecule is CCN(C(=O)[C@@H]1CCN(CC(=O)N2CC=C(c3ccc(-c4ncn(C)n4)cc3)CC2)C1)c1ccc2[nH]nc(-c3ccc(F)cn3)c2n1. The number of aryl methyl sites for hydroxylation is 1. The van der Waals surface area contributed by atoms with E-state index in [1.807, 2.05) is 37.1 Å². The van der Waals surface area contributed by atoms with Crippen molar-refractivity contribution in [2.75, 3.05) is 44.2 Å². The third kappa shape index (κ3) is 6.26. The highest BCUT2D eigenvalue weighted by Gasteiger charge is 2.34. The van der Waals surface area contributed by atoms with Crippen LogP contribution in [-0.4, -0.2) is 95.8 Å². The lowest BCUT2D eigenvalue weighted by Gasteiger charge is -2.29. The summed E-state index contributed by atoms with van der Waals surface area (Å²) < 4.78 is 15.1. The van der Waals surface area contributed by atoms with Crippen molar-refractivity contribution in [3.05, 3.63) is 78.5 Å². The number of H-pyrrole nitrogens is 1. The van der Waals surface area contributed by atoms with Gasteiger partial charge in [-0.15, -0.1) is 0 Å².